The zero-order chi connectivity index (χ0) is 15.6. The molecule has 0 amide bonds. The van der Waals surface area contributed by atoms with Crippen molar-refractivity contribution < 1.29 is 23.1 Å². The summed E-state index contributed by atoms with van der Waals surface area (Å²) in [5, 5.41) is 8.83. The number of nitrogens with one attached hydrogen (secondary N) is 1. The van der Waals surface area contributed by atoms with E-state index in [4.69, 9.17) is 0 Å². The second-order valence-electron chi connectivity index (χ2n) is 5.25. The van der Waals surface area contributed by atoms with Gasteiger partial charge >= 0.3 is 5.97 Å². The highest BCUT2D eigenvalue weighted by atomic mass is 32.2. The van der Waals surface area contributed by atoms with E-state index in [1.807, 2.05) is 0 Å². The Morgan fingerprint density at radius 2 is 2.10 bits per heavy atom. The number of methoxy groups -OCH3 is 1. The van der Waals surface area contributed by atoms with E-state index in [0.29, 0.717) is 24.8 Å². The molecule has 21 heavy (non-hydrogen) atoms. The van der Waals surface area contributed by atoms with Crippen molar-refractivity contribution in [3.63, 3.8) is 0 Å². The molecule has 1 aromatic rings. The predicted octanol–water partition coefficient (Wildman–Crippen LogP) is 1.78. The molecule has 116 valence electrons. The van der Waals surface area contributed by atoms with Gasteiger partial charge in [-0.3, -0.25) is 9.52 Å². The number of aromatic hydroxyl groups is 1. The molecule has 0 bridgehead atoms. The van der Waals surface area contributed by atoms with Crippen molar-refractivity contribution in [3.8, 4) is 5.75 Å². The summed E-state index contributed by atoms with van der Waals surface area (Å²) in [7, 11) is -2.45. The summed E-state index contributed by atoms with van der Waals surface area (Å²) in [6, 6.07) is 4.56. The van der Waals surface area contributed by atoms with Crippen molar-refractivity contribution in [2.45, 2.75) is 31.4 Å². The van der Waals surface area contributed by atoms with Gasteiger partial charge in [0.15, 0.2) is 0 Å². The van der Waals surface area contributed by atoms with Gasteiger partial charge in [-0.2, -0.15) is 0 Å². The molecular weight excluding hydrogens is 294 g/mol. The number of carbonyl (C=O) groups excluding carboxylic acids is 1. The van der Waals surface area contributed by atoms with Crippen molar-refractivity contribution in [2.24, 2.45) is 5.92 Å². The van der Waals surface area contributed by atoms with E-state index in [9.17, 15) is 18.3 Å². The van der Waals surface area contributed by atoms with E-state index < -0.39 is 27.2 Å². The van der Waals surface area contributed by atoms with Crippen LogP contribution in [-0.4, -0.2) is 31.9 Å². The van der Waals surface area contributed by atoms with Gasteiger partial charge in [0.25, 0.3) is 0 Å². The Balaban J connectivity index is 2.21. The average Bonchev–Trinajstić information content (AvgIpc) is 2.92. The second-order valence-corrected chi connectivity index (χ2v) is 7.15. The van der Waals surface area contributed by atoms with Crippen LogP contribution in [0, 0.1) is 12.8 Å². The Kier molecular flexibility index (Phi) is 4.41. The Labute approximate surface area is 124 Å². The molecule has 0 spiro atoms. The smallest absolute Gasteiger partial charge is 0.310 e. The van der Waals surface area contributed by atoms with Crippen molar-refractivity contribution in [3.05, 3.63) is 23.8 Å². The third-order valence-electron chi connectivity index (χ3n) is 3.82. The molecule has 1 aliphatic rings. The first-order chi connectivity index (χ1) is 9.85. The van der Waals surface area contributed by atoms with Crippen LogP contribution in [0.4, 0.5) is 5.69 Å². The molecule has 0 aliphatic heterocycles. The number of esters is 1. The van der Waals surface area contributed by atoms with Gasteiger partial charge in [0.05, 0.1) is 24.0 Å². The lowest BCUT2D eigenvalue weighted by Gasteiger charge is -2.19. The minimum absolute atomic E-state index is 0.0196. The van der Waals surface area contributed by atoms with E-state index in [2.05, 4.69) is 9.46 Å². The van der Waals surface area contributed by atoms with Gasteiger partial charge in [0, 0.05) is 6.07 Å². The minimum Gasteiger partial charge on any atom is -0.508 e. The summed E-state index contributed by atoms with van der Waals surface area (Å²) in [5.74, 6) is -1.10. The molecular formula is C14H19NO5S. The van der Waals surface area contributed by atoms with Crippen LogP contribution in [0.2, 0.25) is 0 Å². The third-order valence-corrected chi connectivity index (χ3v) is 5.71. The number of sulfonamides is 1. The maximum Gasteiger partial charge on any atom is 0.310 e. The van der Waals surface area contributed by atoms with Gasteiger partial charge in [0.2, 0.25) is 10.0 Å². The second kappa shape index (κ2) is 5.93. The molecule has 1 saturated carbocycles. The molecule has 0 heterocycles. The van der Waals surface area contributed by atoms with Gasteiger partial charge in [-0.25, -0.2) is 8.42 Å². The third kappa shape index (κ3) is 3.29. The topological polar surface area (TPSA) is 92.7 Å². The highest BCUT2D eigenvalue weighted by Gasteiger charge is 2.42. The van der Waals surface area contributed by atoms with Crippen molar-refractivity contribution >= 4 is 21.7 Å². The number of carbonyl (C=O) groups is 1. The number of hydrogen-bond donors (Lipinski definition) is 2. The zero-order valence-corrected chi connectivity index (χ0v) is 12.8. The molecule has 2 rings (SSSR count). The van der Waals surface area contributed by atoms with E-state index in [0.717, 1.165) is 0 Å². The molecule has 2 N–H and O–H groups in total. The van der Waals surface area contributed by atoms with Gasteiger partial charge in [-0.05, 0) is 31.4 Å². The van der Waals surface area contributed by atoms with Crippen LogP contribution >= 0.6 is 0 Å². The number of phenolic OH excluding ortho intramolecular Hbond substituents is 1. The summed E-state index contributed by atoms with van der Waals surface area (Å²) in [6.45, 7) is 1.72. The first kappa shape index (κ1) is 15.6. The maximum absolute atomic E-state index is 12.4. The minimum atomic E-state index is -3.71. The van der Waals surface area contributed by atoms with E-state index in [1.165, 1.54) is 13.2 Å². The normalized spacial score (nSPS) is 22.0. The zero-order valence-electron chi connectivity index (χ0n) is 12.0. The molecule has 1 aromatic carbocycles. The monoisotopic (exact) mass is 313 g/mol. The number of aryl methyl sites for hydroxylation is 1. The number of hydrogen-bond acceptors (Lipinski definition) is 5. The van der Waals surface area contributed by atoms with Crippen molar-refractivity contribution in [2.75, 3.05) is 11.8 Å². The van der Waals surface area contributed by atoms with Gasteiger partial charge in [-0.15, -0.1) is 0 Å². The van der Waals surface area contributed by atoms with Crippen molar-refractivity contribution in [1.82, 2.24) is 0 Å². The fourth-order valence-corrected chi connectivity index (χ4v) is 4.39. The standard InChI is InChI=1S/C14H19NO5S/c1-9-6-7-10(8-12(9)16)15-21(18,19)13-5-3-4-11(13)14(17)20-2/h6-8,11,13,15-16H,3-5H2,1-2H3. The van der Waals surface area contributed by atoms with Crippen LogP contribution < -0.4 is 4.72 Å². The molecule has 6 nitrogen and oxygen atoms in total. The molecule has 1 fully saturated rings. The van der Waals surface area contributed by atoms with Crippen LogP contribution in [0.25, 0.3) is 0 Å². The number of ether oxygens (including phenoxy) is 1. The van der Waals surface area contributed by atoms with Crippen LogP contribution in [0.15, 0.2) is 18.2 Å². The van der Waals surface area contributed by atoms with E-state index >= 15 is 0 Å². The fraction of sp³-hybridized carbons (Fsp3) is 0.500. The molecule has 0 saturated heterocycles. The van der Waals surface area contributed by atoms with Crippen LogP contribution in [-0.2, 0) is 19.6 Å². The van der Waals surface area contributed by atoms with Crippen LogP contribution in [0.1, 0.15) is 24.8 Å². The predicted molar refractivity (Wildman–Crippen MR) is 78.5 cm³/mol. The highest BCUT2D eigenvalue weighted by molar-refractivity contribution is 7.93. The average molecular weight is 313 g/mol. The summed E-state index contributed by atoms with van der Waals surface area (Å²) in [4.78, 5) is 11.7. The number of benzene rings is 1. The molecule has 0 aromatic heterocycles. The van der Waals surface area contributed by atoms with Crippen molar-refractivity contribution in [1.29, 1.82) is 0 Å². The first-order valence-corrected chi connectivity index (χ1v) is 8.29. The van der Waals surface area contributed by atoms with Gasteiger partial charge in [-0.1, -0.05) is 12.5 Å². The molecule has 2 atom stereocenters. The molecule has 1 aliphatic carbocycles. The fourth-order valence-electron chi connectivity index (χ4n) is 2.63. The highest BCUT2D eigenvalue weighted by Crippen LogP contribution is 2.33. The SMILES string of the molecule is COC(=O)C1CCCC1S(=O)(=O)Nc1ccc(C)c(O)c1. The van der Waals surface area contributed by atoms with E-state index in [-0.39, 0.29) is 11.4 Å². The quantitative estimate of drug-likeness (QED) is 0.827. The lowest BCUT2D eigenvalue weighted by Crippen LogP contribution is -2.35. The van der Waals surface area contributed by atoms with Crippen LogP contribution in [0.5, 0.6) is 5.75 Å². The van der Waals surface area contributed by atoms with Gasteiger partial charge in [0.1, 0.15) is 5.75 Å². The van der Waals surface area contributed by atoms with E-state index in [1.54, 1.807) is 19.1 Å². The summed E-state index contributed by atoms with van der Waals surface area (Å²) >= 11 is 0. The summed E-state index contributed by atoms with van der Waals surface area (Å²) < 4.78 is 32.0. The first-order valence-electron chi connectivity index (χ1n) is 6.74. The van der Waals surface area contributed by atoms with Crippen LogP contribution in [0.3, 0.4) is 0 Å². The molecule has 2 unspecified atom stereocenters. The summed E-state index contributed by atoms with van der Waals surface area (Å²) in [5.41, 5.74) is 0.944. The lowest BCUT2D eigenvalue weighted by atomic mass is 10.1. The maximum atomic E-state index is 12.4. The largest absolute Gasteiger partial charge is 0.508 e. The number of rotatable bonds is 4. The Morgan fingerprint density at radius 3 is 2.71 bits per heavy atom. The summed E-state index contributed by atoms with van der Waals surface area (Å²) in [6.07, 6.45) is 1.61. The number of anilines is 1. The number of phenols is 1. The molecule has 7 heteroatoms. The Bertz CT molecular complexity index is 641. The Morgan fingerprint density at radius 1 is 1.38 bits per heavy atom. The lowest BCUT2D eigenvalue weighted by molar-refractivity contribution is -0.145. The van der Waals surface area contributed by atoms with Gasteiger partial charge < -0.3 is 9.84 Å². The molecule has 0 radical (unpaired) electrons. The Hall–Kier alpha value is -1.76.